The number of pyridine rings is 1. The second kappa shape index (κ2) is 10.0. The van der Waals surface area contributed by atoms with Gasteiger partial charge in [-0.3, -0.25) is 0 Å². The number of nitrogens with zero attached hydrogens (tertiary/aromatic N) is 6. The Bertz CT molecular complexity index is 1270. The highest BCUT2D eigenvalue weighted by molar-refractivity contribution is 5.60. The molecule has 1 atom stereocenters. The fraction of sp³-hybridized carbons (Fsp3) is 0.280. The summed E-state index contributed by atoms with van der Waals surface area (Å²) in [6, 6.07) is 11.4. The lowest BCUT2D eigenvalue weighted by Crippen LogP contribution is -2.30. The van der Waals surface area contributed by atoms with E-state index in [2.05, 4.69) is 20.2 Å². The minimum absolute atomic E-state index is 0.124. The molecule has 1 aromatic carbocycles. The third-order valence-electron chi connectivity index (χ3n) is 5.73. The Kier molecular flexibility index (Phi) is 6.93. The zero-order valence-electron chi connectivity index (χ0n) is 19.3. The molecule has 0 aliphatic carbocycles. The first-order valence-corrected chi connectivity index (χ1v) is 11.0. The number of hydrogen-bond donors (Lipinski definition) is 1. The van der Waals surface area contributed by atoms with Crippen LogP contribution in [-0.4, -0.2) is 43.1 Å². The van der Waals surface area contributed by atoms with Crippen LogP contribution in [-0.2, 0) is 6.61 Å². The summed E-state index contributed by atoms with van der Waals surface area (Å²) in [5, 5.41) is 18.6. The SMILES string of the molecule is Cc1cn(-c2ccc(-c3cc(C)c(N(CCF)[C@@H](C)c4ccc(F)cc4)nn3)nc2CO)cn1. The molecule has 4 rings (SSSR count). The lowest BCUT2D eigenvalue weighted by Gasteiger charge is -2.30. The molecule has 0 saturated heterocycles. The van der Waals surface area contributed by atoms with Crippen LogP contribution >= 0.6 is 0 Å². The minimum atomic E-state index is -0.564. The van der Waals surface area contributed by atoms with E-state index in [1.807, 2.05) is 54.6 Å². The van der Waals surface area contributed by atoms with E-state index in [4.69, 9.17) is 0 Å². The van der Waals surface area contributed by atoms with Crippen LogP contribution in [0.1, 0.15) is 35.5 Å². The Morgan fingerprint density at radius 3 is 2.44 bits per heavy atom. The molecule has 34 heavy (non-hydrogen) atoms. The van der Waals surface area contributed by atoms with Gasteiger partial charge in [-0.25, -0.2) is 18.7 Å². The van der Waals surface area contributed by atoms with E-state index < -0.39 is 6.67 Å². The normalized spacial score (nSPS) is 12.1. The van der Waals surface area contributed by atoms with E-state index >= 15 is 0 Å². The number of hydrogen-bond acceptors (Lipinski definition) is 6. The van der Waals surface area contributed by atoms with Crippen LogP contribution in [0.2, 0.25) is 0 Å². The molecule has 0 spiro atoms. The highest BCUT2D eigenvalue weighted by atomic mass is 19.1. The molecular formula is C25H26F2N6O. The van der Waals surface area contributed by atoms with Crippen molar-refractivity contribution in [1.29, 1.82) is 0 Å². The average molecular weight is 465 g/mol. The van der Waals surface area contributed by atoms with Crippen LogP contribution in [0.5, 0.6) is 0 Å². The zero-order valence-corrected chi connectivity index (χ0v) is 19.3. The van der Waals surface area contributed by atoms with Gasteiger partial charge in [0.15, 0.2) is 5.82 Å². The van der Waals surface area contributed by atoms with Gasteiger partial charge in [0.25, 0.3) is 0 Å². The maximum atomic E-state index is 13.4. The van der Waals surface area contributed by atoms with Crippen LogP contribution in [0.25, 0.3) is 17.1 Å². The van der Waals surface area contributed by atoms with Crippen LogP contribution in [0.4, 0.5) is 14.6 Å². The van der Waals surface area contributed by atoms with Crippen molar-refractivity contribution in [1.82, 2.24) is 24.7 Å². The Labute approximate surface area is 196 Å². The Morgan fingerprint density at radius 1 is 1.06 bits per heavy atom. The van der Waals surface area contributed by atoms with Gasteiger partial charge in [0.1, 0.15) is 18.2 Å². The van der Waals surface area contributed by atoms with E-state index in [0.717, 1.165) is 22.5 Å². The molecule has 0 amide bonds. The second-order valence-electron chi connectivity index (χ2n) is 8.09. The van der Waals surface area contributed by atoms with Gasteiger partial charge in [0.05, 0.1) is 41.7 Å². The maximum Gasteiger partial charge on any atom is 0.154 e. The number of alkyl halides is 1. The molecular weight excluding hydrogens is 438 g/mol. The van der Waals surface area contributed by atoms with Gasteiger partial charge in [0.2, 0.25) is 0 Å². The first kappa shape index (κ1) is 23.4. The standard InChI is InChI=1S/C25H26F2N6O/c1-16-12-22(21-8-9-24(23(14-34)29-21)32-13-17(2)28-15-32)30-31-25(16)33(11-10-26)18(3)19-4-6-20(27)7-5-19/h4-9,12-13,15,18,34H,10-11,14H2,1-3H3/t18-/m0/s1. The molecule has 0 unspecified atom stereocenters. The number of aromatic nitrogens is 5. The minimum Gasteiger partial charge on any atom is -0.390 e. The van der Waals surface area contributed by atoms with Crippen molar-refractivity contribution < 1.29 is 13.9 Å². The van der Waals surface area contributed by atoms with E-state index in [1.165, 1.54) is 12.1 Å². The third-order valence-corrected chi connectivity index (χ3v) is 5.73. The van der Waals surface area contributed by atoms with Gasteiger partial charge in [-0.05, 0) is 62.2 Å². The van der Waals surface area contributed by atoms with Gasteiger partial charge in [-0.15, -0.1) is 10.2 Å². The monoisotopic (exact) mass is 464 g/mol. The molecule has 4 aromatic rings. The number of aliphatic hydroxyl groups is 1. The number of rotatable bonds is 8. The Hall–Kier alpha value is -3.72. The molecule has 3 heterocycles. The first-order chi connectivity index (χ1) is 16.4. The second-order valence-corrected chi connectivity index (χ2v) is 8.09. The highest BCUT2D eigenvalue weighted by Gasteiger charge is 2.21. The Morgan fingerprint density at radius 2 is 1.82 bits per heavy atom. The van der Waals surface area contributed by atoms with Crippen LogP contribution < -0.4 is 4.90 Å². The van der Waals surface area contributed by atoms with Gasteiger partial charge in [-0.2, -0.15) is 0 Å². The zero-order chi connectivity index (χ0) is 24.2. The molecule has 0 radical (unpaired) electrons. The van der Waals surface area contributed by atoms with Crippen molar-refractivity contribution in [2.75, 3.05) is 18.1 Å². The number of aryl methyl sites for hydroxylation is 2. The summed E-state index contributed by atoms with van der Waals surface area (Å²) in [4.78, 5) is 10.6. The van der Waals surface area contributed by atoms with Gasteiger partial charge >= 0.3 is 0 Å². The fourth-order valence-electron chi connectivity index (χ4n) is 3.92. The fourth-order valence-corrected chi connectivity index (χ4v) is 3.92. The van der Waals surface area contributed by atoms with Gasteiger partial charge in [0, 0.05) is 12.7 Å². The van der Waals surface area contributed by atoms with Crippen molar-refractivity contribution >= 4 is 5.82 Å². The lowest BCUT2D eigenvalue weighted by atomic mass is 10.1. The smallest absolute Gasteiger partial charge is 0.154 e. The topological polar surface area (TPSA) is 80.0 Å². The summed E-state index contributed by atoms with van der Waals surface area (Å²) in [7, 11) is 0. The number of imidazole rings is 1. The van der Waals surface area contributed by atoms with Crippen molar-refractivity contribution in [3.05, 3.63) is 83.3 Å². The predicted molar refractivity (Wildman–Crippen MR) is 126 cm³/mol. The molecule has 7 nitrogen and oxygen atoms in total. The van der Waals surface area contributed by atoms with Crippen LogP contribution in [0.3, 0.4) is 0 Å². The number of halogens is 2. The maximum absolute atomic E-state index is 13.4. The highest BCUT2D eigenvalue weighted by Crippen LogP contribution is 2.29. The van der Waals surface area contributed by atoms with E-state index in [-0.39, 0.29) is 25.0 Å². The van der Waals surface area contributed by atoms with Crippen molar-refractivity contribution in [3.63, 3.8) is 0 Å². The summed E-state index contributed by atoms with van der Waals surface area (Å²) in [6.45, 7) is 5.00. The van der Waals surface area contributed by atoms with Crippen LogP contribution in [0, 0.1) is 19.7 Å². The number of aliphatic hydroxyl groups excluding tert-OH is 1. The molecule has 0 saturated carbocycles. The molecule has 0 fully saturated rings. The molecule has 1 N–H and O–H groups in total. The molecule has 3 aromatic heterocycles. The van der Waals surface area contributed by atoms with E-state index in [9.17, 15) is 13.9 Å². The van der Waals surface area contributed by atoms with Gasteiger partial charge in [-0.1, -0.05) is 12.1 Å². The van der Waals surface area contributed by atoms with Crippen molar-refractivity contribution in [3.8, 4) is 17.1 Å². The summed E-state index contributed by atoms with van der Waals surface area (Å²) >= 11 is 0. The summed E-state index contributed by atoms with van der Waals surface area (Å²) in [5.74, 6) is 0.225. The first-order valence-electron chi connectivity index (χ1n) is 11.0. The average Bonchev–Trinajstić information content (AvgIpc) is 3.28. The van der Waals surface area contributed by atoms with E-state index in [1.54, 1.807) is 18.5 Å². The summed E-state index contributed by atoms with van der Waals surface area (Å²) in [6.07, 6.45) is 3.53. The molecule has 0 aliphatic rings. The summed E-state index contributed by atoms with van der Waals surface area (Å²) in [5.41, 5.74) is 4.83. The van der Waals surface area contributed by atoms with Crippen molar-refractivity contribution in [2.45, 2.75) is 33.4 Å². The molecule has 0 bridgehead atoms. The third kappa shape index (κ3) is 4.79. The number of benzene rings is 1. The molecule has 9 heteroatoms. The lowest BCUT2D eigenvalue weighted by molar-refractivity contribution is 0.276. The summed E-state index contributed by atoms with van der Waals surface area (Å²) < 4.78 is 28.6. The van der Waals surface area contributed by atoms with Crippen molar-refractivity contribution in [2.24, 2.45) is 0 Å². The van der Waals surface area contributed by atoms with Gasteiger partial charge < -0.3 is 14.6 Å². The van der Waals surface area contributed by atoms with Crippen LogP contribution in [0.15, 0.2) is 55.0 Å². The number of anilines is 1. The predicted octanol–water partition coefficient (Wildman–Crippen LogP) is 4.51. The van der Waals surface area contributed by atoms with E-state index in [0.29, 0.717) is 22.9 Å². The molecule has 176 valence electrons. The quantitative estimate of drug-likeness (QED) is 0.413. The molecule has 0 aliphatic heterocycles. The largest absolute Gasteiger partial charge is 0.390 e. The Balaban J connectivity index is 1.66.